The molecule has 2 atom stereocenters. The van der Waals surface area contributed by atoms with Crippen molar-refractivity contribution < 1.29 is 4.79 Å². The minimum absolute atomic E-state index is 0.0484. The fourth-order valence-electron chi connectivity index (χ4n) is 3.48. The topological polar surface area (TPSA) is 65.2 Å². The average molecular weight is 283 g/mol. The highest BCUT2D eigenvalue weighted by Gasteiger charge is 2.42. The Morgan fingerprint density at radius 3 is 2.90 bits per heavy atom. The third kappa shape index (κ3) is 1.96. The van der Waals surface area contributed by atoms with E-state index in [4.69, 9.17) is 0 Å². The van der Waals surface area contributed by atoms with Crippen LogP contribution in [0.15, 0.2) is 35.1 Å². The molecular weight excluding hydrogens is 266 g/mol. The summed E-state index contributed by atoms with van der Waals surface area (Å²) in [6.07, 6.45) is 2.74. The van der Waals surface area contributed by atoms with Crippen molar-refractivity contribution in [3.05, 3.63) is 46.2 Å². The zero-order chi connectivity index (χ0) is 14.4. The number of hydrogen-bond donors (Lipinski definition) is 2. The van der Waals surface area contributed by atoms with Crippen LogP contribution in [0, 0.1) is 0 Å². The van der Waals surface area contributed by atoms with Gasteiger partial charge in [0, 0.05) is 12.1 Å². The highest BCUT2D eigenvalue weighted by molar-refractivity contribution is 5.85. The van der Waals surface area contributed by atoms with E-state index in [1.807, 2.05) is 30.3 Å². The molecule has 2 N–H and O–H groups in total. The minimum Gasteiger partial charge on any atom is -0.335 e. The van der Waals surface area contributed by atoms with Gasteiger partial charge in [0.15, 0.2) is 0 Å². The molecule has 108 valence electrons. The van der Waals surface area contributed by atoms with Crippen LogP contribution in [0.2, 0.25) is 0 Å². The number of carbonyl (C=O) groups excluding carboxylic acids is 1. The van der Waals surface area contributed by atoms with Gasteiger partial charge in [0.25, 0.3) is 5.56 Å². The maximum atomic E-state index is 12.4. The third-order valence-corrected chi connectivity index (χ3v) is 4.53. The second kappa shape index (κ2) is 4.70. The Hall–Kier alpha value is -2.14. The molecule has 3 heterocycles. The summed E-state index contributed by atoms with van der Waals surface area (Å²) in [5, 5.41) is 3.97. The van der Waals surface area contributed by atoms with Crippen LogP contribution in [0.25, 0.3) is 10.9 Å². The first-order valence-electron chi connectivity index (χ1n) is 7.42. The summed E-state index contributed by atoms with van der Waals surface area (Å²) in [6, 6.07) is 9.53. The molecule has 1 amide bonds. The molecule has 5 nitrogen and oxygen atoms in total. The Morgan fingerprint density at radius 2 is 2.00 bits per heavy atom. The van der Waals surface area contributed by atoms with Crippen molar-refractivity contribution >= 4 is 16.8 Å². The first-order valence-corrected chi connectivity index (χ1v) is 7.42. The van der Waals surface area contributed by atoms with Crippen LogP contribution in [0.1, 0.15) is 31.0 Å². The number of rotatable bonds is 1. The maximum Gasteiger partial charge on any atom is 0.255 e. The van der Waals surface area contributed by atoms with Gasteiger partial charge in [-0.15, -0.1) is 0 Å². The van der Waals surface area contributed by atoms with Crippen LogP contribution in [-0.4, -0.2) is 28.4 Å². The normalized spacial score (nSPS) is 25.8. The summed E-state index contributed by atoms with van der Waals surface area (Å²) >= 11 is 0. The molecule has 0 radical (unpaired) electrons. The van der Waals surface area contributed by atoms with Crippen molar-refractivity contribution in [1.82, 2.24) is 15.2 Å². The second-order valence-corrected chi connectivity index (χ2v) is 5.80. The van der Waals surface area contributed by atoms with Gasteiger partial charge in [0.05, 0.1) is 11.6 Å². The van der Waals surface area contributed by atoms with Gasteiger partial charge in [-0.05, 0) is 30.4 Å². The van der Waals surface area contributed by atoms with Crippen LogP contribution in [0.4, 0.5) is 0 Å². The Bertz CT molecular complexity index is 767. The number of H-pyrrole nitrogens is 1. The zero-order valence-corrected chi connectivity index (χ0v) is 11.6. The summed E-state index contributed by atoms with van der Waals surface area (Å²) in [5.74, 6) is 0.0484. The number of aromatic amines is 1. The first kappa shape index (κ1) is 12.6. The number of nitrogens with one attached hydrogen (secondary N) is 2. The summed E-state index contributed by atoms with van der Waals surface area (Å²) in [7, 11) is 0. The standard InChI is InChI=1S/C16H17N3O2/c20-15-11(9-10-5-1-2-6-12(10)17-15)14-18-16(21)13-7-3-4-8-19(13)14/h1-2,5-6,9,13-14H,3-4,7-8H2,(H,17,20)(H,18,21). The molecule has 0 bridgehead atoms. The average Bonchev–Trinajstić information content (AvgIpc) is 2.84. The predicted molar refractivity (Wildman–Crippen MR) is 79.8 cm³/mol. The lowest BCUT2D eigenvalue weighted by molar-refractivity contribution is -0.122. The van der Waals surface area contributed by atoms with Crippen LogP contribution >= 0.6 is 0 Å². The number of hydrogen-bond acceptors (Lipinski definition) is 3. The van der Waals surface area contributed by atoms with Crippen LogP contribution in [-0.2, 0) is 4.79 Å². The molecule has 2 fully saturated rings. The van der Waals surface area contributed by atoms with Gasteiger partial charge >= 0.3 is 0 Å². The van der Waals surface area contributed by atoms with E-state index < -0.39 is 0 Å². The highest BCUT2D eigenvalue weighted by atomic mass is 16.2. The summed E-state index contributed by atoms with van der Waals surface area (Å²) in [5.41, 5.74) is 1.34. The molecule has 0 saturated carbocycles. The molecule has 1 aromatic heterocycles. The number of aromatic nitrogens is 1. The van der Waals surface area contributed by atoms with Gasteiger partial charge < -0.3 is 10.3 Å². The predicted octanol–water partition coefficient (Wildman–Crippen LogP) is 1.51. The summed E-state index contributed by atoms with van der Waals surface area (Å²) in [4.78, 5) is 29.5. The van der Waals surface area contributed by atoms with E-state index in [0.29, 0.717) is 5.56 Å². The number of amides is 1. The smallest absolute Gasteiger partial charge is 0.255 e. The second-order valence-electron chi connectivity index (χ2n) is 5.80. The van der Waals surface area contributed by atoms with E-state index in [1.54, 1.807) is 0 Å². The fourth-order valence-corrected chi connectivity index (χ4v) is 3.48. The number of piperidine rings is 1. The lowest BCUT2D eigenvalue weighted by atomic mass is 10.0. The molecule has 2 aliphatic heterocycles. The number of carbonyl (C=O) groups is 1. The third-order valence-electron chi connectivity index (χ3n) is 4.53. The molecule has 2 aromatic rings. The van der Waals surface area contributed by atoms with Crippen molar-refractivity contribution in [2.75, 3.05) is 6.54 Å². The number of nitrogens with zero attached hydrogens (tertiary/aromatic N) is 1. The number of pyridine rings is 1. The minimum atomic E-state index is -0.295. The molecule has 0 spiro atoms. The Balaban J connectivity index is 1.81. The summed E-state index contributed by atoms with van der Waals surface area (Å²) < 4.78 is 0. The van der Waals surface area contributed by atoms with Crippen molar-refractivity contribution in [3.63, 3.8) is 0 Å². The SMILES string of the molecule is O=C1NC(c2cc3ccccc3[nH]c2=O)N2CCCCC12. The van der Waals surface area contributed by atoms with Gasteiger partial charge in [-0.2, -0.15) is 0 Å². The van der Waals surface area contributed by atoms with Gasteiger partial charge in [0.2, 0.25) is 5.91 Å². The molecule has 1 aromatic carbocycles. The van der Waals surface area contributed by atoms with Crippen molar-refractivity contribution in [3.8, 4) is 0 Å². The Labute approximate surface area is 122 Å². The first-order chi connectivity index (χ1) is 10.2. The van der Waals surface area contributed by atoms with Crippen molar-refractivity contribution in [1.29, 1.82) is 0 Å². The Morgan fingerprint density at radius 1 is 1.14 bits per heavy atom. The maximum absolute atomic E-state index is 12.4. The van der Waals surface area contributed by atoms with E-state index >= 15 is 0 Å². The van der Waals surface area contributed by atoms with E-state index in [9.17, 15) is 9.59 Å². The van der Waals surface area contributed by atoms with Gasteiger partial charge in [0.1, 0.15) is 6.17 Å². The highest BCUT2D eigenvalue weighted by Crippen LogP contribution is 2.31. The molecule has 2 saturated heterocycles. The molecule has 5 heteroatoms. The molecule has 21 heavy (non-hydrogen) atoms. The molecular formula is C16H17N3O2. The van der Waals surface area contributed by atoms with Crippen molar-refractivity contribution in [2.24, 2.45) is 0 Å². The summed E-state index contributed by atoms with van der Waals surface area (Å²) in [6.45, 7) is 0.861. The number of benzene rings is 1. The van der Waals surface area contributed by atoms with Gasteiger partial charge in [-0.1, -0.05) is 24.6 Å². The monoisotopic (exact) mass is 283 g/mol. The lowest BCUT2D eigenvalue weighted by Gasteiger charge is -2.31. The Kier molecular flexibility index (Phi) is 2.82. The quantitative estimate of drug-likeness (QED) is 0.834. The molecule has 4 rings (SSSR count). The van der Waals surface area contributed by atoms with Crippen LogP contribution in [0.3, 0.4) is 0 Å². The molecule has 0 aliphatic carbocycles. The largest absolute Gasteiger partial charge is 0.335 e. The fraction of sp³-hybridized carbons (Fsp3) is 0.375. The van der Waals surface area contributed by atoms with E-state index in [0.717, 1.165) is 36.7 Å². The number of fused-ring (bicyclic) bond motifs is 2. The lowest BCUT2D eigenvalue weighted by Crippen LogP contribution is -2.39. The van der Waals surface area contributed by atoms with Gasteiger partial charge in [-0.3, -0.25) is 14.5 Å². The van der Waals surface area contributed by atoms with Gasteiger partial charge in [-0.25, -0.2) is 0 Å². The van der Waals surface area contributed by atoms with E-state index in [2.05, 4.69) is 15.2 Å². The van der Waals surface area contributed by atoms with E-state index in [-0.39, 0.29) is 23.7 Å². The van der Waals surface area contributed by atoms with Crippen LogP contribution < -0.4 is 10.9 Å². The van der Waals surface area contributed by atoms with Crippen molar-refractivity contribution in [2.45, 2.75) is 31.5 Å². The zero-order valence-electron chi connectivity index (χ0n) is 11.6. The molecule has 2 aliphatic rings. The van der Waals surface area contributed by atoms with Crippen LogP contribution in [0.5, 0.6) is 0 Å². The molecule has 2 unspecified atom stereocenters. The van der Waals surface area contributed by atoms with E-state index in [1.165, 1.54) is 0 Å². The number of para-hydroxylation sites is 1.